The number of hydrogen-bond donors (Lipinski definition) is 1. The molecule has 0 amide bonds. The van der Waals surface area contributed by atoms with Crippen LogP contribution in [0.5, 0.6) is 5.75 Å². The van der Waals surface area contributed by atoms with Crippen molar-refractivity contribution in [1.29, 1.82) is 0 Å². The average Bonchev–Trinajstić information content (AvgIpc) is 2.93. The molecule has 0 saturated heterocycles. The summed E-state index contributed by atoms with van der Waals surface area (Å²) in [4.78, 5) is 10.8. The number of hydrogen-bond acceptors (Lipinski definition) is 2. The lowest BCUT2D eigenvalue weighted by Crippen LogP contribution is -2.24. The molecule has 2 saturated carbocycles. The monoisotopic (exact) mass is 246 g/mol. The van der Waals surface area contributed by atoms with Crippen LogP contribution in [-0.4, -0.2) is 17.2 Å². The van der Waals surface area contributed by atoms with Crippen LogP contribution in [0.2, 0.25) is 0 Å². The van der Waals surface area contributed by atoms with Gasteiger partial charge in [-0.3, -0.25) is 4.79 Å². The van der Waals surface area contributed by atoms with Crippen LogP contribution in [-0.2, 0) is 11.2 Å². The normalized spacial score (nSPS) is 29.4. The van der Waals surface area contributed by atoms with Crippen LogP contribution in [0.4, 0.5) is 0 Å². The highest BCUT2D eigenvalue weighted by Crippen LogP contribution is 2.46. The molecule has 1 N–H and O–H groups in total. The van der Waals surface area contributed by atoms with Crippen LogP contribution >= 0.6 is 0 Å². The van der Waals surface area contributed by atoms with E-state index in [0.29, 0.717) is 12.0 Å². The van der Waals surface area contributed by atoms with Gasteiger partial charge in [-0.1, -0.05) is 18.2 Å². The van der Waals surface area contributed by atoms with Crippen LogP contribution < -0.4 is 4.74 Å². The molecule has 1 aromatic rings. The summed E-state index contributed by atoms with van der Waals surface area (Å²) < 4.78 is 6.08. The molecule has 18 heavy (non-hydrogen) atoms. The first-order valence-electron chi connectivity index (χ1n) is 6.68. The molecule has 0 aliphatic heterocycles. The molecule has 0 heterocycles. The molecule has 3 atom stereocenters. The van der Waals surface area contributed by atoms with E-state index in [9.17, 15) is 4.79 Å². The Morgan fingerprint density at radius 3 is 2.78 bits per heavy atom. The highest BCUT2D eigenvalue weighted by atomic mass is 16.5. The van der Waals surface area contributed by atoms with Crippen molar-refractivity contribution in [3.63, 3.8) is 0 Å². The van der Waals surface area contributed by atoms with Crippen molar-refractivity contribution in [2.24, 2.45) is 11.8 Å². The Hall–Kier alpha value is -1.51. The number of aliphatic carboxylic acids is 1. The van der Waals surface area contributed by atoms with E-state index in [1.807, 2.05) is 24.3 Å². The van der Waals surface area contributed by atoms with Gasteiger partial charge in [0.2, 0.25) is 0 Å². The van der Waals surface area contributed by atoms with Gasteiger partial charge in [-0.2, -0.15) is 0 Å². The van der Waals surface area contributed by atoms with Gasteiger partial charge in [0, 0.05) is 5.56 Å². The molecule has 0 spiro atoms. The molecule has 0 aromatic heterocycles. The highest BCUT2D eigenvalue weighted by molar-refractivity contribution is 5.71. The number of carbonyl (C=O) groups is 1. The minimum atomic E-state index is -0.806. The largest absolute Gasteiger partial charge is 0.490 e. The first-order chi connectivity index (χ1) is 8.72. The molecule has 2 fully saturated rings. The Labute approximate surface area is 107 Å². The number of para-hydroxylation sites is 1. The van der Waals surface area contributed by atoms with Gasteiger partial charge in [0.15, 0.2) is 0 Å². The topological polar surface area (TPSA) is 46.5 Å². The zero-order chi connectivity index (χ0) is 12.5. The minimum absolute atomic E-state index is 0.0387. The third kappa shape index (κ3) is 2.22. The Morgan fingerprint density at radius 1 is 1.28 bits per heavy atom. The third-order valence-electron chi connectivity index (χ3n) is 4.27. The summed E-state index contributed by atoms with van der Waals surface area (Å²) in [6.07, 6.45) is 5.41. The fraction of sp³-hybridized carbons (Fsp3) is 0.533. The number of fused-ring (bicyclic) bond motifs is 2. The molecule has 0 radical (unpaired) electrons. The smallest absolute Gasteiger partial charge is 0.307 e. The van der Waals surface area contributed by atoms with E-state index in [1.54, 1.807) is 0 Å². The van der Waals surface area contributed by atoms with Gasteiger partial charge in [0.1, 0.15) is 11.9 Å². The number of rotatable bonds is 4. The molecule has 96 valence electrons. The van der Waals surface area contributed by atoms with Crippen molar-refractivity contribution in [3.8, 4) is 5.75 Å². The summed E-state index contributed by atoms with van der Waals surface area (Å²) in [5, 5.41) is 8.90. The minimum Gasteiger partial charge on any atom is -0.490 e. The van der Waals surface area contributed by atoms with E-state index in [0.717, 1.165) is 23.7 Å². The van der Waals surface area contributed by atoms with Gasteiger partial charge in [0.05, 0.1) is 6.42 Å². The van der Waals surface area contributed by atoms with Crippen LogP contribution in [0.3, 0.4) is 0 Å². The van der Waals surface area contributed by atoms with E-state index < -0.39 is 5.97 Å². The Morgan fingerprint density at radius 2 is 2.11 bits per heavy atom. The van der Waals surface area contributed by atoms with E-state index >= 15 is 0 Å². The maximum Gasteiger partial charge on any atom is 0.307 e. The van der Waals surface area contributed by atoms with Crippen molar-refractivity contribution in [1.82, 2.24) is 0 Å². The summed E-state index contributed by atoms with van der Waals surface area (Å²) in [7, 11) is 0. The molecule has 3 heteroatoms. The maximum atomic E-state index is 10.8. The summed E-state index contributed by atoms with van der Waals surface area (Å²) in [5.74, 6) is 1.48. The Bertz CT molecular complexity index is 455. The standard InChI is InChI=1S/C15H18O3/c16-15(17)9-11-3-1-2-4-13(11)18-14-8-10-5-6-12(14)7-10/h1-4,10,12,14H,5-9H2,(H,16,17). The van der Waals surface area contributed by atoms with Crippen LogP contribution in [0.15, 0.2) is 24.3 Å². The van der Waals surface area contributed by atoms with Crippen molar-refractivity contribution in [2.75, 3.05) is 0 Å². The lowest BCUT2D eigenvalue weighted by atomic mass is 9.97. The molecule has 3 rings (SSSR count). The molecule has 3 nitrogen and oxygen atoms in total. The summed E-state index contributed by atoms with van der Waals surface area (Å²) in [6.45, 7) is 0. The fourth-order valence-corrected chi connectivity index (χ4v) is 3.42. The molecule has 2 bridgehead atoms. The number of ether oxygens (including phenoxy) is 1. The number of benzene rings is 1. The van der Waals surface area contributed by atoms with E-state index in [1.165, 1.54) is 19.3 Å². The lowest BCUT2D eigenvalue weighted by molar-refractivity contribution is -0.136. The van der Waals surface area contributed by atoms with Gasteiger partial charge >= 0.3 is 5.97 Å². The molecule has 2 aliphatic rings. The molecular formula is C15H18O3. The van der Waals surface area contributed by atoms with Crippen molar-refractivity contribution in [2.45, 2.75) is 38.2 Å². The molecule has 2 aliphatic carbocycles. The van der Waals surface area contributed by atoms with Gasteiger partial charge in [-0.25, -0.2) is 0 Å². The van der Waals surface area contributed by atoms with Gasteiger partial charge in [0.25, 0.3) is 0 Å². The summed E-state index contributed by atoms with van der Waals surface area (Å²) in [6, 6.07) is 7.51. The maximum absolute atomic E-state index is 10.8. The highest BCUT2D eigenvalue weighted by Gasteiger charge is 2.41. The summed E-state index contributed by atoms with van der Waals surface area (Å²) in [5.41, 5.74) is 0.785. The van der Waals surface area contributed by atoms with E-state index in [-0.39, 0.29) is 6.42 Å². The quantitative estimate of drug-likeness (QED) is 0.888. The van der Waals surface area contributed by atoms with Crippen LogP contribution in [0.25, 0.3) is 0 Å². The second-order valence-electron chi connectivity index (χ2n) is 5.51. The second-order valence-corrected chi connectivity index (χ2v) is 5.51. The third-order valence-corrected chi connectivity index (χ3v) is 4.27. The van der Waals surface area contributed by atoms with Gasteiger partial charge in [-0.05, 0) is 43.6 Å². The SMILES string of the molecule is O=C(O)Cc1ccccc1OC1CC2CCC1C2. The average molecular weight is 246 g/mol. The van der Waals surface area contributed by atoms with Crippen molar-refractivity contribution >= 4 is 5.97 Å². The molecule has 1 aromatic carbocycles. The van der Waals surface area contributed by atoms with Gasteiger partial charge < -0.3 is 9.84 Å². The van der Waals surface area contributed by atoms with Crippen molar-refractivity contribution < 1.29 is 14.6 Å². The zero-order valence-corrected chi connectivity index (χ0v) is 10.3. The van der Waals surface area contributed by atoms with Crippen LogP contribution in [0.1, 0.15) is 31.2 Å². The van der Waals surface area contributed by atoms with Crippen molar-refractivity contribution in [3.05, 3.63) is 29.8 Å². The first kappa shape index (κ1) is 11.6. The predicted molar refractivity (Wildman–Crippen MR) is 67.6 cm³/mol. The first-order valence-corrected chi connectivity index (χ1v) is 6.68. The number of carboxylic acids is 1. The molecular weight excluding hydrogens is 228 g/mol. The van der Waals surface area contributed by atoms with Crippen LogP contribution in [0, 0.1) is 11.8 Å². The molecule has 3 unspecified atom stereocenters. The van der Waals surface area contributed by atoms with E-state index in [4.69, 9.17) is 9.84 Å². The second kappa shape index (κ2) is 4.63. The Kier molecular flexibility index (Phi) is 2.98. The fourth-order valence-electron chi connectivity index (χ4n) is 3.42. The van der Waals surface area contributed by atoms with Gasteiger partial charge in [-0.15, -0.1) is 0 Å². The van der Waals surface area contributed by atoms with E-state index in [2.05, 4.69) is 0 Å². The zero-order valence-electron chi connectivity index (χ0n) is 10.3. The number of carboxylic acid groups (broad SMARTS) is 1. The predicted octanol–water partition coefficient (Wildman–Crippen LogP) is 2.88. The Balaban J connectivity index is 1.74. The lowest BCUT2D eigenvalue weighted by Gasteiger charge is -2.24. The summed E-state index contributed by atoms with van der Waals surface area (Å²) >= 11 is 0.